The van der Waals surface area contributed by atoms with Crippen LogP contribution in [0.1, 0.15) is 21.7 Å². The normalized spacial score (nSPS) is 10.9. The van der Waals surface area contributed by atoms with Crippen LogP contribution in [0.5, 0.6) is 0 Å². The van der Waals surface area contributed by atoms with Gasteiger partial charge in [0.05, 0.1) is 25.0 Å². The summed E-state index contributed by atoms with van der Waals surface area (Å²) in [5.41, 5.74) is 2.88. The molecule has 0 saturated carbocycles. The minimum atomic E-state index is -1.27. The molecule has 0 aliphatic rings. The number of carboxylic acid groups (broad SMARTS) is 1. The Kier molecular flexibility index (Phi) is 6.24. The van der Waals surface area contributed by atoms with Gasteiger partial charge in [0, 0.05) is 6.08 Å². The highest BCUT2D eigenvalue weighted by Crippen LogP contribution is 2.02. The number of nitrogens with one attached hydrogen (secondary N) is 2. The summed E-state index contributed by atoms with van der Waals surface area (Å²) < 4.78 is 5.02. The van der Waals surface area contributed by atoms with Crippen molar-refractivity contribution in [3.63, 3.8) is 0 Å². The lowest BCUT2D eigenvalue weighted by molar-refractivity contribution is -0.255. The van der Waals surface area contributed by atoms with Crippen molar-refractivity contribution in [1.82, 2.24) is 10.7 Å². The molecule has 0 saturated heterocycles. The molecule has 0 atom stereocenters. The molecule has 1 aromatic heterocycles. The van der Waals surface area contributed by atoms with Gasteiger partial charge in [-0.3, -0.25) is 9.59 Å². The second-order valence-electron chi connectivity index (χ2n) is 4.77. The summed E-state index contributed by atoms with van der Waals surface area (Å²) in [6.07, 6.45) is 5.54. The molecule has 2 aromatic rings. The van der Waals surface area contributed by atoms with Gasteiger partial charge >= 0.3 is 0 Å². The number of amides is 2. The van der Waals surface area contributed by atoms with Gasteiger partial charge in [-0.05, 0) is 29.3 Å². The van der Waals surface area contributed by atoms with Gasteiger partial charge in [0.1, 0.15) is 5.76 Å². The van der Waals surface area contributed by atoms with Crippen molar-refractivity contribution >= 4 is 30.1 Å². The molecule has 0 bridgehead atoms. The summed E-state index contributed by atoms with van der Waals surface area (Å²) >= 11 is 0. The van der Waals surface area contributed by atoms with Gasteiger partial charge in [0.25, 0.3) is 5.91 Å². The number of furan rings is 1. The number of hydrogen-bond donors (Lipinski definition) is 2. The number of hydrogen-bond acceptors (Lipinski definition) is 6. The molecule has 8 nitrogen and oxygen atoms in total. The summed E-state index contributed by atoms with van der Waals surface area (Å²) in [7, 11) is 0. The minimum absolute atomic E-state index is 0.0477. The number of carbonyl (C=O) groups excluding carboxylic acids is 3. The fourth-order valence-electron chi connectivity index (χ4n) is 1.69. The van der Waals surface area contributed by atoms with Crippen LogP contribution in [0.2, 0.25) is 0 Å². The lowest BCUT2D eigenvalue weighted by Crippen LogP contribution is -2.34. The smallest absolute Gasteiger partial charge is 0.259 e. The Balaban J connectivity index is 1.72. The Morgan fingerprint density at radius 1 is 1.16 bits per heavy atom. The van der Waals surface area contributed by atoms with Crippen LogP contribution in [-0.2, 0) is 9.59 Å². The molecule has 2 rings (SSSR count). The molecule has 128 valence electrons. The average molecular weight is 340 g/mol. The SMILES string of the molecule is O=C(/C=C/c1ccco1)NCC(=O)N/N=C\c1ccc(C(=O)[O-])cc1. The minimum Gasteiger partial charge on any atom is -0.545 e. The number of hydrazone groups is 1. The fraction of sp³-hybridized carbons (Fsp3) is 0.0588. The maximum atomic E-state index is 11.5. The lowest BCUT2D eigenvalue weighted by Gasteiger charge is -2.02. The van der Waals surface area contributed by atoms with Crippen LogP contribution in [0.4, 0.5) is 0 Å². The third-order valence-corrected chi connectivity index (χ3v) is 2.91. The molecule has 0 fully saturated rings. The summed E-state index contributed by atoms with van der Waals surface area (Å²) in [4.78, 5) is 33.7. The largest absolute Gasteiger partial charge is 0.545 e. The van der Waals surface area contributed by atoms with Crippen LogP contribution < -0.4 is 15.8 Å². The second-order valence-corrected chi connectivity index (χ2v) is 4.77. The van der Waals surface area contributed by atoms with Crippen LogP contribution in [-0.4, -0.2) is 30.5 Å². The average Bonchev–Trinajstić information content (AvgIpc) is 3.12. The number of benzene rings is 1. The second kappa shape index (κ2) is 8.82. The number of carboxylic acids is 1. The molecule has 0 radical (unpaired) electrons. The first-order valence-corrected chi connectivity index (χ1v) is 7.17. The van der Waals surface area contributed by atoms with E-state index < -0.39 is 17.8 Å². The van der Waals surface area contributed by atoms with E-state index in [0.29, 0.717) is 11.3 Å². The molecule has 2 N–H and O–H groups in total. The fourth-order valence-corrected chi connectivity index (χ4v) is 1.69. The molecule has 0 unspecified atom stereocenters. The highest BCUT2D eigenvalue weighted by atomic mass is 16.4. The summed E-state index contributed by atoms with van der Waals surface area (Å²) in [6.45, 7) is -0.248. The summed E-state index contributed by atoms with van der Waals surface area (Å²) in [5.74, 6) is -1.71. The Hall–Kier alpha value is -3.68. The molecular formula is C17H14N3O5-. The van der Waals surface area contributed by atoms with Crippen molar-refractivity contribution in [2.75, 3.05) is 6.54 Å². The van der Waals surface area contributed by atoms with Gasteiger partial charge in [-0.15, -0.1) is 0 Å². The molecule has 1 heterocycles. The van der Waals surface area contributed by atoms with Crippen molar-refractivity contribution in [2.24, 2.45) is 5.10 Å². The molecular weight excluding hydrogens is 326 g/mol. The van der Waals surface area contributed by atoms with E-state index in [9.17, 15) is 19.5 Å². The van der Waals surface area contributed by atoms with Crippen LogP contribution in [0.25, 0.3) is 6.08 Å². The number of rotatable bonds is 7. The zero-order valence-electron chi connectivity index (χ0n) is 13.0. The van der Waals surface area contributed by atoms with Gasteiger partial charge in [-0.1, -0.05) is 24.3 Å². The number of nitrogens with zero attached hydrogens (tertiary/aromatic N) is 1. The summed E-state index contributed by atoms with van der Waals surface area (Å²) in [5, 5.41) is 16.7. The Bertz CT molecular complexity index is 792. The standard InChI is InChI=1S/C17H15N3O5/c21-15(8-7-14-2-1-9-25-14)18-11-16(22)20-19-10-12-3-5-13(6-4-12)17(23)24/h1-10H,11H2,(H,18,21)(H,20,22)(H,23,24)/p-1/b8-7+,19-10-. The lowest BCUT2D eigenvalue weighted by atomic mass is 10.1. The zero-order chi connectivity index (χ0) is 18.1. The van der Waals surface area contributed by atoms with E-state index >= 15 is 0 Å². The quantitative estimate of drug-likeness (QED) is 0.414. The van der Waals surface area contributed by atoms with E-state index in [0.717, 1.165) is 0 Å². The van der Waals surface area contributed by atoms with Gasteiger partial charge < -0.3 is 19.6 Å². The predicted molar refractivity (Wildman–Crippen MR) is 87.3 cm³/mol. The monoisotopic (exact) mass is 340 g/mol. The molecule has 1 aromatic carbocycles. The number of carbonyl (C=O) groups is 3. The third-order valence-electron chi connectivity index (χ3n) is 2.91. The van der Waals surface area contributed by atoms with E-state index in [2.05, 4.69) is 15.8 Å². The highest BCUT2D eigenvalue weighted by Gasteiger charge is 2.02. The van der Waals surface area contributed by atoms with Crippen molar-refractivity contribution in [3.8, 4) is 0 Å². The van der Waals surface area contributed by atoms with Crippen molar-refractivity contribution in [2.45, 2.75) is 0 Å². The Morgan fingerprint density at radius 2 is 1.92 bits per heavy atom. The molecule has 0 aliphatic heterocycles. The van der Waals surface area contributed by atoms with Gasteiger partial charge in [-0.25, -0.2) is 5.43 Å². The number of aromatic carboxylic acids is 1. The first kappa shape index (κ1) is 17.7. The van der Waals surface area contributed by atoms with Crippen LogP contribution >= 0.6 is 0 Å². The molecule has 25 heavy (non-hydrogen) atoms. The predicted octanol–water partition coefficient (Wildman–Crippen LogP) is -0.0772. The first-order valence-electron chi connectivity index (χ1n) is 7.17. The van der Waals surface area contributed by atoms with Crippen LogP contribution in [0.15, 0.2) is 58.3 Å². The highest BCUT2D eigenvalue weighted by molar-refractivity contribution is 5.94. The van der Waals surface area contributed by atoms with Gasteiger partial charge in [0.2, 0.25) is 5.91 Å². The van der Waals surface area contributed by atoms with E-state index in [1.165, 1.54) is 48.9 Å². The topological polar surface area (TPSA) is 124 Å². The molecule has 0 spiro atoms. The molecule has 8 heteroatoms. The van der Waals surface area contributed by atoms with E-state index in [-0.39, 0.29) is 12.1 Å². The third kappa shape index (κ3) is 6.14. The summed E-state index contributed by atoms with van der Waals surface area (Å²) in [6, 6.07) is 9.14. The maximum absolute atomic E-state index is 11.5. The van der Waals surface area contributed by atoms with Crippen molar-refractivity contribution in [3.05, 3.63) is 65.6 Å². The Labute approximate surface area is 142 Å². The van der Waals surface area contributed by atoms with Crippen LogP contribution in [0.3, 0.4) is 0 Å². The van der Waals surface area contributed by atoms with E-state index in [1.807, 2.05) is 0 Å². The molecule has 0 aliphatic carbocycles. The maximum Gasteiger partial charge on any atom is 0.259 e. The van der Waals surface area contributed by atoms with Crippen LogP contribution in [0, 0.1) is 0 Å². The Morgan fingerprint density at radius 3 is 2.56 bits per heavy atom. The zero-order valence-corrected chi connectivity index (χ0v) is 13.0. The first-order chi connectivity index (χ1) is 12.0. The van der Waals surface area contributed by atoms with Crippen molar-refractivity contribution < 1.29 is 23.9 Å². The van der Waals surface area contributed by atoms with E-state index in [1.54, 1.807) is 12.1 Å². The van der Waals surface area contributed by atoms with Gasteiger partial charge in [-0.2, -0.15) is 5.10 Å². The molecule has 2 amide bonds. The van der Waals surface area contributed by atoms with Gasteiger partial charge in [0.15, 0.2) is 0 Å². The van der Waals surface area contributed by atoms with E-state index in [4.69, 9.17) is 4.42 Å². The van der Waals surface area contributed by atoms with Crippen molar-refractivity contribution in [1.29, 1.82) is 0 Å².